The van der Waals surface area contributed by atoms with Crippen LogP contribution in [-0.4, -0.2) is 30.0 Å². The molecule has 1 aliphatic rings. The van der Waals surface area contributed by atoms with Crippen LogP contribution in [0.5, 0.6) is 0 Å². The van der Waals surface area contributed by atoms with Gasteiger partial charge in [0.15, 0.2) is 0 Å². The molecule has 17 heavy (non-hydrogen) atoms. The second-order valence-corrected chi connectivity index (χ2v) is 4.53. The van der Waals surface area contributed by atoms with E-state index in [0.29, 0.717) is 0 Å². The molecule has 4 nitrogen and oxygen atoms in total. The summed E-state index contributed by atoms with van der Waals surface area (Å²) >= 11 is 0. The molecule has 2 N–H and O–H groups in total. The molecule has 1 aromatic heterocycles. The van der Waals surface area contributed by atoms with Crippen molar-refractivity contribution in [1.82, 2.24) is 15.6 Å². The van der Waals surface area contributed by atoms with Gasteiger partial charge in [0.05, 0.1) is 0 Å². The molecular formula is C13H19N3O. The van der Waals surface area contributed by atoms with Gasteiger partial charge in [0.2, 0.25) is 0 Å². The lowest BCUT2D eigenvalue weighted by atomic mass is 10.1. The van der Waals surface area contributed by atoms with Gasteiger partial charge in [-0.15, -0.1) is 0 Å². The second kappa shape index (κ2) is 5.77. The molecule has 4 heteroatoms. The number of hydrogen-bond donors (Lipinski definition) is 2. The maximum absolute atomic E-state index is 11.8. The molecule has 0 atom stereocenters. The fourth-order valence-corrected chi connectivity index (χ4v) is 1.71. The maximum Gasteiger partial charge on any atom is 0.251 e. The number of hydrogen-bond acceptors (Lipinski definition) is 3. The normalized spacial score (nSPS) is 14.6. The van der Waals surface area contributed by atoms with E-state index >= 15 is 0 Å². The van der Waals surface area contributed by atoms with Crippen LogP contribution in [-0.2, 0) is 0 Å². The molecule has 2 rings (SSSR count). The number of aromatic nitrogens is 1. The summed E-state index contributed by atoms with van der Waals surface area (Å²) in [7, 11) is 0. The lowest BCUT2D eigenvalue weighted by Crippen LogP contribution is -2.28. The van der Waals surface area contributed by atoms with Crippen LogP contribution in [0.25, 0.3) is 0 Å². The van der Waals surface area contributed by atoms with Gasteiger partial charge in [-0.3, -0.25) is 9.78 Å². The Balaban J connectivity index is 1.67. The molecule has 1 saturated carbocycles. The fraction of sp³-hybridized carbons (Fsp3) is 0.538. The largest absolute Gasteiger partial charge is 0.352 e. The molecule has 1 heterocycles. The van der Waals surface area contributed by atoms with Crippen LogP contribution in [0.2, 0.25) is 0 Å². The van der Waals surface area contributed by atoms with E-state index in [4.69, 9.17) is 0 Å². The Morgan fingerprint density at radius 1 is 1.47 bits per heavy atom. The Kier molecular flexibility index (Phi) is 4.09. The SMILES string of the molecule is Cc1cnccc1C(=O)NCCCNC1CC1. The summed E-state index contributed by atoms with van der Waals surface area (Å²) in [5.41, 5.74) is 1.64. The molecule has 1 aliphatic carbocycles. The van der Waals surface area contributed by atoms with Gasteiger partial charge in [-0.2, -0.15) is 0 Å². The molecule has 0 aromatic carbocycles. The maximum atomic E-state index is 11.8. The van der Waals surface area contributed by atoms with Crippen LogP contribution >= 0.6 is 0 Å². The van der Waals surface area contributed by atoms with E-state index in [1.807, 2.05) is 6.92 Å². The van der Waals surface area contributed by atoms with E-state index in [0.717, 1.165) is 36.7 Å². The summed E-state index contributed by atoms with van der Waals surface area (Å²) in [6.07, 6.45) is 6.96. The van der Waals surface area contributed by atoms with Crippen LogP contribution in [0.3, 0.4) is 0 Å². The summed E-state index contributed by atoms with van der Waals surface area (Å²) in [5, 5.41) is 6.35. The van der Waals surface area contributed by atoms with E-state index in [1.54, 1.807) is 18.5 Å². The average Bonchev–Trinajstić information content (AvgIpc) is 3.13. The van der Waals surface area contributed by atoms with Gasteiger partial charge in [-0.05, 0) is 44.4 Å². The number of nitrogens with zero attached hydrogens (tertiary/aromatic N) is 1. The highest BCUT2D eigenvalue weighted by Crippen LogP contribution is 2.18. The number of carbonyl (C=O) groups excluding carboxylic acids is 1. The van der Waals surface area contributed by atoms with E-state index in [2.05, 4.69) is 15.6 Å². The van der Waals surface area contributed by atoms with Crippen molar-refractivity contribution in [2.24, 2.45) is 0 Å². The zero-order chi connectivity index (χ0) is 12.1. The third-order valence-electron chi connectivity index (χ3n) is 2.91. The number of aryl methyl sites for hydroxylation is 1. The highest BCUT2D eigenvalue weighted by molar-refractivity contribution is 5.95. The molecule has 0 radical (unpaired) electrons. The molecule has 0 aliphatic heterocycles. The predicted molar refractivity (Wildman–Crippen MR) is 66.9 cm³/mol. The minimum atomic E-state index is -0.00341. The van der Waals surface area contributed by atoms with Gasteiger partial charge < -0.3 is 10.6 Å². The summed E-state index contributed by atoms with van der Waals surface area (Å²) in [6, 6.07) is 2.50. The third-order valence-corrected chi connectivity index (χ3v) is 2.91. The van der Waals surface area contributed by atoms with Crippen molar-refractivity contribution in [3.8, 4) is 0 Å². The first-order valence-corrected chi connectivity index (χ1v) is 6.19. The van der Waals surface area contributed by atoms with Crippen molar-refractivity contribution in [3.05, 3.63) is 29.6 Å². The highest BCUT2D eigenvalue weighted by Gasteiger charge is 2.19. The third kappa shape index (κ3) is 3.82. The fourth-order valence-electron chi connectivity index (χ4n) is 1.71. The summed E-state index contributed by atoms with van der Waals surface area (Å²) in [4.78, 5) is 15.8. The van der Waals surface area contributed by atoms with Crippen molar-refractivity contribution >= 4 is 5.91 Å². The monoisotopic (exact) mass is 233 g/mol. The molecular weight excluding hydrogens is 214 g/mol. The molecule has 0 unspecified atom stereocenters. The number of rotatable bonds is 6. The molecule has 1 amide bonds. The smallest absolute Gasteiger partial charge is 0.251 e. The standard InChI is InChI=1S/C13H19N3O/c1-10-9-14-8-5-12(10)13(17)16-7-2-6-15-11-3-4-11/h5,8-9,11,15H,2-4,6-7H2,1H3,(H,16,17). The van der Waals surface area contributed by atoms with Gasteiger partial charge in [-0.25, -0.2) is 0 Å². The minimum Gasteiger partial charge on any atom is -0.352 e. The Bertz CT molecular complexity index is 388. The Morgan fingerprint density at radius 2 is 2.29 bits per heavy atom. The zero-order valence-electron chi connectivity index (χ0n) is 10.2. The summed E-state index contributed by atoms with van der Waals surface area (Å²) in [6.45, 7) is 3.61. The molecule has 1 aromatic rings. The molecule has 0 spiro atoms. The van der Waals surface area contributed by atoms with Gasteiger partial charge in [0, 0.05) is 30.5 Å². The number of pyridine rings is 1. The van der Waals surface area contributed by atoms with Crippen molar-refractivity contribution in [2.45, 2.75) is 32.2 Å². The van der Waals surface area contributed by atoms with Crippen molar-refractivity contribution in [2.75, 3.05) is 13.1 Å². The molecule has 1 fully saturated rings. The average molecular weight is 233 g/mol. The lowest BCUT2D eigenvalue weighted by molar-refractivity contribution is 0.0952. The van der Waals surface area contributed by atoms with Crippen molar-refractivity contribution in [1.29, 1.82) is 0 Å². The van der Waals surface area contributed by atoms with Crippen LogP contribution in [0.15, 0.2) is 18.5 Å². The van der Waals surface area contributed by atoms with Crippen molar-refractivity contribution < 1.29 is 4.79 Å². The Morgan fingerprint density at radius 3 is 3.00 bits per heavy atom. The molecule has 0 bridgehead atoms. The van der Waals surface area contributed by atoms with Crippen molar-refractivity contribution in [3.63, 3.8) is 0 Å². The highest BCUT2D eigenvalue weighted by atomic mass is 16.1. The topological polar surface area (TPSA) is 54.0 Å². The van der Waals surface area contributed by atoms with Crippen LogP contribution < -0.4 is 10.6 Å². The van der Waals surface area contributed by atoms with Gasteiger partial charge in [0.1, 0.15) is 0 Å². The number of amides is 1. The number of carbonyl (C=O) groups is 1. The quantitative estimate of drug-likeness (QED) is 0.727. The van der Waals surface area contributed by atoms with E-state index < -0.39 is 0 Å². The lowest BCUT2D eigenvalue weighted by Gasteiger charge is -2.07. The second-order valence-electron chi connectivity index (χ2n) is 4.53. The van der Waals surface area contributed by atoms with E-state index in [-0.39, 0.29) is 5.91 Å². The van der Waals surface area contributed by atoms with Gasteiger partial charge in [-0.1, -0.05) is 0 Å². The first kappa shape index (κ1) is 12.0. The predicted octanol–water partition coefficient (Wildman–Crippen LogP) is 1.26. The Hall–Kier alpha value is -1.42. The van der Waals surface area contributed by atoms with Crippen LogP contribution in [0.4, 0.5) is 0 Å². The summed E-state index contributed by atoms with van der Waals surface area (Å²) in [5.74, 6) is -0.00341. The van der Waals surface area contributed by atoms with Gasteiger partial charge in [0.25, 0.3) is 5.91 Å². The minimum absolute atomic E-state index is 0.00341. The summed E-state index contributed by atoms with van der Waals surface area (Å²) < 4.78 is 0. The Labute approximate surface area is 102 Å². The van der Waals surface area contributed by atoms with Crippen LogP contribution in [0, 0.1) is 6.92 Å². The first-order chi connectivity index (χ1) is 8.27. The zero-order valence-corrected chi connectivity index (χ0v) is 10.2. The molecule has 0 saturated heterocycles. The number of nitrogens with one attached hydrogen (secondary N) is 2. The van der Waals surface area contributed by atoms with E-state index in [1.165, 1.54) is 12.8 Å². The first-order valence-electron chi connectivity index (χ1n) is 6.19. The van der Waals surface area contributed by atoms with Gasteiger partial charge >= 0.3 is 0 Å². The van der Waals surface area contributed by atoms with Crippen LogP contribution in [0.1, 0.15) is 35.2 Å². The van der Waals surface area contributed by atoms with E-state index in [9.17, 15) is 4.79 Å². The molecule has 92 valence electrons.